The highest BCUT2D eigenvalue weighted by Crippen LogP contribution is 2.17. The van der Waals surface area contributed by atoms with E-state index in [1.807, 2.05) is 19.1 Å². The number of nitrogens with one attached hydrogen (secondary N) is 3. The zero-order valence-corrected chi connectivity index (χ0v) is 15.0. The van der Waals surface area contributed by atoms with Crippen LogP contribution in [0.15, 0.2) is 36.4 Å². The fourth-order valence-corrected chi connectivity index (χ4v) is 3.34. The van der Waals surface area contributed by atoms with Gasteiger partial charge in [0.25, 0.3) is 0 Å². The van der Waals surface area contributed by atoms with Gasteiger partial charge < -0.3 is 16.0 Å². The Morgan fingerprint density at radius 1 is 1.12 bits per heavy atom. The van der Waals surface area contributed by atoms with Crippen molar-refractivity contribution in [1.82, 2.24) is 10.6 Å². The van der Waals surface area contributed by atoms with E-state index in [4.69, 9.17) is 0 Å². The molecule has 2 aromatic rings. The molecular weight excluding hydrogens is 322 g/mol. The van der Waals surface area contributed by atoms with E-state index in [1.54, 1.807) is 30.5 Å². The van der Waals surface area contributed by atoms with Crippen molar-refractivity contribution in [2.75, 3.05) is 12.4 Å². The number of rotatable bonds is 6. The Hall–Kier alpha value is -2.34. The van der Waals surface area contributed by atoms with Crippen molar-refractivity contribution in [3.8, 4) is 0 Å². The largest absolute Gasteiger partial charge is 0.359 e. The number of hydrogen-bond acceptors (Lipinski definition) is 3. The third kappa shape index (κ3) is 5.70. The first kappa shape index (κ1) is 18.0. The van der Waals surface area contributed by atoms with Crippen molar-refractivity contribution in [1.29, 1.82) is 0 Å². The van der Waals surface area contributed by atoms with Gasteiger partial charge in [-0.1, -0.05) is 12.1 Å². The lowest BCUT2D eigenvalue weighted by Crippen LogP contribution is -2.37. The van der Waals surface area contributed by atoms with Gasteiger partial charge in [-0.2, -0.15) is 0 Å². The van der Waals surface area contributed by atoms with Gasteiger partial charge in [0.2, 0.25) is 5.91 Å². The van der Waals surface area contributed by atoms with E-state index in [-0.39, 0.29) is 18.0 Å². The predicted octanol–water partition coefficient (Wildman–Crippen LogP) is 3.10. The third-order valence-corrected chi connectivity index (χ3v) is 4.56. The highest BCUT2D eigenvalue weighted by Gasteiger charge is 2.09. The third-order valence-electron chi connectivity index (χ3n) is 3.54. The van der Waals surface area contributed by atoms with E-state index < -0.39 is 0 Å². The van der Waals surface area contributed by atoms with Crippen LogP contribution in [0.5, 0.6) is 0 Å². The fourth-order valence-electron chi connectivity index (χ4n) is 2.32. The van der Waals surface area contributed by atoms with E-state index in [9.17, 15) is 9.59 Å². The van der Waals surface area contributed by atoms with Crippen LogP contribution < -0.4 is 16.0 Å². The van der Waals surface area contributed by atoms with Crippen LogP contribution in [0.1, 0.15) is 22.2 Å². The second-order valence-corrected chi connectivity index (χ2v) is 7.14. The maximum Gasteiger partial charge on any atom is 0.319 e. The number of carbonyl (C=O) groups is 2. The normalized spacial score (nSPS) is 11.6. The SMILES string of the molecule is CNC(=O)Cc1ccc(NC(=O)N[C@H](C)Cc2ccc(C)s2)cc1. The van der Waals surface area contributed by atoms with Gasteiger partial charge in [-0.15, -0.1) is 11.3 Å². The second-order valence-electron chi connectivity index (χ2n) is 5.76. The molecule has 1 atom stereocenters. The van der Waals surface area contributed by atoms with Gasteiger partial charge in [0, 0.05) is 35.0 Å². The molecule has 0 saturated carbocycles. The molecule has 0 aliphatic carbocycles. The molecule has 3 N–H and O–H groups in total. The van der Waals surface area contributed by atoms with Crippen LogP contribution in [-0.2, 0) is 17.6 Å². The monoisotopic (exact) mass is 345 g/mol. The summed E-state index contributed by atoms with van der Waals surface area (Å²) in [7, 11) is 1.61. The minimum Gasteiger partial charge on any atom is -0.359 e. The molecule has 5 nitrogen and oxygen atoms in total. The van der Waals surface area contributed by atoms with Crippen LogP contribution in [-0.4, -0.2) is 25.0 Å². The first-order valence-electron chi connectivity index (χ1n) is 7.88. The van der Waals surface area contributed by atoms with Crippen molar-refractivity contribution < 1.29 is 9.59 Å². The zero-order chi connectivity index (χ0) is 17.5. The Balaban J connectivity index is 1.82. The molecule has 2 rings (SSSR count). The molecule has 0 radical (unpaired) electrons. The van der Waals surface area contributed by atoms with Gasteiger partial charge in [0.05, 0.1) is 6.42 Å². The summed E-state index contributed by atoms with van der Waals surface area (Å²) in [5.41, 5.74) is 1.61. The molecule has 1 aromatic carbocycles. The van der Waals surface area contributed by atoms with Gasteiger partial charge in [-0.05, 0) is 43.7 Å². The maximum absolute atomic E-state index is 12.0. The smallest absolute Gasteiger partial charge is 0.319 e. The topological polar surface area (TPSA) is 70.2 Å². The van der Waals surface area contributed by atoms with Crippen molar-refractivity contribution in [3.63, 3.8) is 0 Å². The number of thiophene rings is 1. The zero-order valence-electron chi connectivity index (χ0n) is 14.2. The maximum atomic E-state index is 12.0. The number of likely N-dealkylation sites (N-methyl/N-ethyl adjacent to an activating group) is 1. The van der Waals surface area contributed by atoms with Crippen LogP contribution >= 0.6 is 11.3 Å². The van der Waals surface area contributed by atoms with Crippen LogP contribution in [0.4, 0.5) is 10.5 Å². The number of carbonyl (C=O) groups excluding carboxylic acids is 2. The van der Waals surface area contributed by atoms with Crippen molar-refractivity contribution in [3.05, 3.63) is 51.7 Å². The van der Waals surface area contributed by atoms with Crippen molar-refractivity contribution in [2.45, 2.75) is 32.7 Å². The minimum absolute atomic E-state index is 0.0360. The lowest BCUT2D eigenvalue weighted by molar-refractivity contribution is -0.119. The summed E-state index contributed by atoms with van der Waals surface area (Å²) in [5, 5.41) is 8.33. The summed E-state index contributed by atoms with van der Waals surface area (Å²) in [4.78, 5) is 25.9. The second kappa shape index (κ2) is 8.49. The average molecular weight is 345 g/mol. The van der Waals surface area contributed by atoms with Gasteiger partial charge in [-0.25, -0.2) is 4.79 Å². The van der Waals surface area contributed by atoms with Gasteiger partial charge in [-0.3, -0.25) is 4.79 Å². The van der Waals surface area contributed by atoms with E-state index >= 15 is 0 Å². The lowest BCUT2D eigenvalue weighted by atomic mass is 10.1. The number of anilines is 1. The van der Waals surface area contributed by atoms with Gasteiger partial charge in [0.1, 0.15) is 0 Å². The Morgan fingerprint density at radius 2 is 1.83 bits per heavy atom. The van der Waals surface area contributed by atoms with Gasteiger partial charge >= 0.3 is 6.03 Å². The Bertz CT molecular complexity index is 695. The van der Waals surface area contributed by atoms with Crippen LogP contribution in [0.25, 0.3) is 0 Å². The molecule has 0 fully saturated rings. The predicted molar refractivity (Wildman–Crippen MR) is 98.6 cm³/mol. The summed E-state index contributed by atoms with van der Waals surface area (Å²) < 4.78 is 0. The molecule has 0 spiro atoms. The highest BCUT2D eigenvalue weighted by molar-refractivity contribution is 7.11. The molecule has 128 valence electrons. The lowest BCUT2D eigenvalue weighted by Gasteiger charge is -2.14. The molecule has 1 heterocycles. The number of aryl methyl sites for hydroxylation is 1. The van der Waals surface area contributed by atoms with Crippen LogP contribution in [0.2, 0.25) is 0 Å². The Morgan fingerprint density at radius 3 is 2.42 bits per heavy atom. The summed E-state index contributed by atoms with van der Waals surface area (Å²) in [6.07, 6.45) is 1.15. The van der Waals surface area contributed by atoms with E-state index in [0.29, 0.717) is 12.1 Å². The molecule has 1 aromatic heterocycles. The van der Waals surface area contributed by atoms with Gasteiger partial charge in [0.15, 0.2) is 0 Å². The molecule has 0 aliphatic heterocycles. The van der Waals surface area contributed by atoms with Crippen molar-refractivity contribution >= 4 is 29.0 Å². The van der Waals surface area contributed by atoms with Crippen LogP contribution in [0.3, 0.4) is 0 Å². The van der Waals surface area contributed by atoms with Crippen molar-refractivity contribution in [2.24, 2.45) is 0 Å². The molecule has 0 unspecified atom stereocenters. The quantitative estimate of drug-likeness (QED) is 0.753. The number of hydrogen-bond donors (Lipinski definition) is 3. The molecule has 0 aliphatic rings. The molecule has 6 heteroatoms. The number of urea groups is 1. The van der Waals surface area contributed by atoms with Crippen LogP contribution in [0, 0.1) is 6.92 Å². The molecule has 3 amide bonds. The standard InChI is InChI=1S/C18H23N3O2S/c1-12(10-16-9-4-13(2)24-16)20-18(23)21-15-7-5-14(6-8-15)11-17(22)19-3/h4-9,12H,10-11H2,1-3H3,(H,19,22)(H2,20,21,23)/t12-/m1/s1. The van der Waals surface area contributed by atoms with E-state index in [1.165, 1.54) is 9.75 Å². The Kier molecular flexibility index (Phi) is 6.37. The number of benzene rings is 1. The summed E-state index contributed by atoms with van der Waals surface area (Å²) in [6, 6.07) is 11.3. The van der Waals surface area contributed by atoms with E-state index in [2.05, 4.69) is 35.0 Å². The van der Waals surface area contributed by atoms with E-state index in [0.717, 1.165) is 12.0 Å². The molecule has 0 saturated heterocycles. The summed E-state index contributed by atoms with van der Waals surface area (Å²) in [5.74, 6) is -0.0360. The molecule has 0 bridgehead atoms. The highest BCUT2D eigenvalue weighted by atomic mass is 32.1. The fraction of sp³-hybridized carbons (Fsp3) is 0.333. The number of amides is 3. The first-order valence-corrected chi connectivity index (χ1v) is 8.70. The molecular formula is C18H23N3O2S. The first-order chi connectivity index (χ1) is 11.5. The average Bonchev–Trinajstić information content (AvgIpc) is 2.93. The molecule has 24 heavy (non-hydrogen) atoms. The Labute approximate surface area is 146 Å². The summed E-state index contributed by atoms with van der Waals surface area (Å²) >= 11 is 1.75. The minimum atomic E-state index is -0.227. The summed E-state index contributed by atoms with van der Waals surface area (Å²) in [6.45, 7) is 4.06.